The second kappa shape index (κ2) is 15.9. The summed E-state index contributed by atoms with van der Waals surface area (Å²) < 4.78 is 2.35. The van der Waals surface area contributed by atoms with Crippen LogP contribution in [-0.4, -0.2) is 16.2 Å². The molecule has 330 valence electrons. The van der Waals surface area contributed by atoms with Crippen LogP contribution in [0.2, 0.25) is 0 Å². The number of amidine groups is 2. The zero-order chi connectivity index (χ0) is 46.3. The van der Waals surface area contributed by atoms with Crippen LogP contribution in [0.25, 0.3) is 55.2 Å². The van der Waals surface area contributed by atoms with E-state index in [0.717, 1.165) is 16.6 Å². The third kappa shape index (κ3) is 6.20. The van der Waals surface area contributed by atoms with Crippen molar-refractivity contribution < 1.29 is 0 Å². The van der Waals surface area contributed by atoms with Crippen molar-refractivity contribution >= 4 is 33.5 Å². The summed E-state index contributed by atoms with van der Waals surface area (Å²) in [6.45, 7) is 11.7. The van der Waals surface area contributed by atoms with Crippen molar-refractivity contribution in [3.8, 4) is 33.4 Å². The van der Waals surface area contributed by atoms with Gasteiger partial charge in [-0.1, -0.05) is 197 Å². The number of aliphatic imine (C=N–C) groups is 2. The van der Waals surface area contributed by atoms with Crippen molar-refractivity contribution in [1.29, 1.82) is 0 Å². The van der Waals surface area contributed by atoms with Crippen LogP contribution in [0.1, 0.15) is 70.8 Å². The Hall–Kier alpha value is -7.82. The second-order valence-electron chi connectivity index (χ2n) is 19.6. The minimum atomic E-state index is -0.578. The predicted molar refractivity (Wildman–Crippen MR) is 285 cm³/mol. The Morgan fingerprint density at radius 3 is 1.87 bits per heavy atom. The molecule has 4 heteroatoms. The quantitative estimate of drug-likeness (QED) is 0.126. The van der Waals surface area contributed by atoms with Gasteiger partial charge in [0.25, 0.3) is 0 Å². The maximum Gasteiger partial charge on any atom is 0.158 e. The first-order valence-corrected chi connectivity index (χ1v) is 24.0. The molecule has 0 fully saturated rings. The van der Waals surface area contributed by atoms with Gasteiger partial charge in [0.1, 0.15) is 12.5 Å². The van der Waals surface area contributed by atoms with Gasteiger partial charge in [0.2, 0.25) is 0 Å². The van der Waals surface area contributed by atoms with Gasteiger partial charge in [-0.25, -0.2) is 9.98 Å². The highest BCUT2D eigenvalue weighted by Gasteiger charge is 2.47. The molecule has 0 saturated carbocycles. The molecule has 0 bridgehead atoms. The van der Waals surface area contributed by atoms with Gasteiger partial charge in [-0.05, 0) is 122 Å². The smallest absolute Gasteiger partial charge is 0.158 e. The molecule has 8 aromatic carbocycles. The number of aryl methyl sites for hydroxylation is 1. The Bertz CT molecular complexity index is 3600. The standard InChI is InChI=1S/C64H54N4/c1-40-19-6-8-21-45(40)47-27-18-31-54(42(47)3)64(56-29-15-11-24-49(56)50-25-12-16-30-57(50)64)44-34-36-60-53(38-44)52-26-13-17-32-59(52)68(60)39-66-62(67-61(65)46-22-9-7-20-41(46)2)43-33-35-51-48-23-10-14-28-55(48)63(4,5)58(51)37-43/h6-38,41,46H,39H2,1-5H3,(H2,65,66,67). The average molecular weight is 879 g/mol. The monoisotopic (exact) mass is 878 g/mol. The summed E-state index contributed by atoms with van der Waals surface area (Å²) in [5, 5.41) is 2.38. The molecule has 12 rings (SSSR count). The van der Waals surface area contributed by atoms with Gasteiger partial charge in [0.15, 0.2) is 5.84 Å². The highest BCUT2D eigenvalue weighted by molar-refractivity contribution is 6.10. The van der Waals surface area contributed by atoms with Gasteiger partial charge in [-0.2, -0.15) is 0 Å². The fraction of sp³-hybridized carbons (Fsp3) is 0.156. The van der Waals surface area contributed by atoms with E-state index in [-0.39, 0.29) is 17.3 Å². The van der Waals surface area contributed by atoms with Crippen LogP contribution in [0.3, 0.4) is 0 Å². The van der Waals surface area contributed by atoms with Crippen LogP contribution < -0.4 is 5.73 Å². The predicted octanol–water partition coefficient (Wildman–Crippen LogP) is 14.9. The zero-order valence-corrected chi connectivity index (χ0v) is 39.3. The van der Waals surface area contributed by atoms with Crippen LogP contribution in [-0.2, 0) is 17.5 Å². The van der Waals surface area contributed by atoms with Gasteiger partial charge in [0.05, 0.1) is 16.4 Å². The lowest BCUT2D eigenvalue weighted by Crippen LogP contribution is -2.29. The first-order valence-electron chi connectivity index (χ1n) is 24.0. The molecule has 3 aliphatic carbocycles. The molecule has 0 aliphatic heterocycles. The fourth-order valence-corrected chi connectivity index (χ4v) is 12.1. The first-order chi connectivity index (χ1) is 33.2. The maximum absolute atomic E-state index is 6.98. The van der Waals surface area contributed by atoms with E-state index in [4.69, 9.17) is 15.7 Å². The molecule has 2 unspecified atom stereocenters. The van der Waals surface area contributed by atoms with Crippen LogP contribution in [0.15, 0.2) is 210 Å². The summed E-state index contributed by atoms with van der Waals surface area (Å²) >= 11 is 0. The summed E-state index contributed by atoms with van der Waals surface area (Å²) in [7, 11) is 0. The summed E-state index contributed by atoms with van der Waals surface area (Å²) in [6.07, 6.45) is 8.51. The van der Waals surface area contributed by atoms with E-state index in [1.165, 1.54) is 88.7 Å². The average Bonchev–Trinajstić information content (AvgIpc) is 3.93. The molecular formula is C64H54N4. The molecule has 0 radical (unpaired) electrons. The first kappa shape index (κ1) is 41.6. The molecule has 68 heavy (non-hydrogen) atoms. The molecule has 0 spiro atoms. The number of fused-ring (bicyclic) bond motifs is 9. The number of para-hydroxylation sites is 1. The van der Waals surface area contributed by atoms with E-state index in [1.54, 1.807) is 0 Å². The molecule has 4 nitrogen and oxygen atoms in total. The number of rotatable bonds is 7. The van der Waals surface area contributed by atoms with Gasteiger partial charge < -0.3 is 10.3 Å². The highest BCUT2D eigenvalue weighted by atomic mass is 15.1. The van der Waals surface area contributed by atoms with Crippen molar-refractivity contribution in [2.45, 2.75) is 52.1 Å². The summed E-state index contributed by atoms with van der Waals surface area (Å²) in [5.41, 5.74) is 27.4. The lowest BCUT2D eigenvalue weighted by Gasteiger charge is -2.36. The van der Waals surface area contributed by atoms with Crippen molar-refractivity contribution in [2.24, 2.45) is 27.6 Å². The van der Waals surface area contributed by atoms with Crippen molar-refractivity contribution in [3.05, 3.63) is 250 Å². The Kier molecular flexibility index (Phi) is 9.74. The van der Waals surface area contributed by atoms with E-state index in [2.05, 4.69) is 239 Å². The number of nitrogens with zero attached hydrogens (tertiary/aromatic N) is 3. The molecule has 9 aromatic rings. The van der Waals surface area contributed by atoms with Gasteiger partial charge >= 0.3 is 0 Å². The molecule has 1 heterocycles. The minimum absolute atomic E-state index is 0.0220. The third-order valence-corrected chi connectivity index (χ3v) is 15.5. The number of aromatic nitrogens is 1. The largest absolute Gasteiger partial charge is 0.387 e. The Labute approximate surface area is 399 Å². The van der Waals surface area contributed by atoms with Crippen molar-refractivity contribution in [2.75, 3.05) is 0 Å². The molecule has 3 aliphatic rings. The Morgan fingerprint density at radius 2 is 1.13 bits per heavy atom. The normalized spacial score (nSPS) is 17.6. The number of benzene rings is 8. The SMILES string of the molecule is Cc1ccccc1-c1cccc(C2(c3ccc4c(c3)c3ccccc3n4CN=C(N=C(N)C3C=CC=CC3C)c3ccc4c(c3)C(C)(C)c3ccccc3-4)c3ccccc3-c3ccccc32)c1C. The van der Waals surface area contributed by atoms with E-state index in [0.29, 0.717) is 18.3 Å². The fourth-order valence-electron chi connectivity index (χ4n) is 12.1. The molecule has 0 saturated heterocycles. The van der Waals surface area contributed by atoms with E-state index < -0.39 is 5.41 Å². The molecule has 0 amide bonds. The van der Waals surface area contributed by atoms with E-state index in [9.17, 15) is 0 Å². The highest BCUT2D eigenvalue weighted by Crippen LogP contribution is 2.58. The van der Waals surface area contributed by atoms with Crippen LogP contribution in [0.4, 0.5) is 0 Å². The van der Waals surface area contributed by atoms with Gasteiger partial charge in [0, 0.05) is 27.7 Å². The van der Waals surface area contributed by atoms with E-state index >= 15 is 0 Å². The topological polar surface area (TPSA) is 55.7 Å². The van der Waals surface area contributed by atoms with E-state index in [1.807, 2.05) is 0 Å². The lowest BCUT2D eigenvalue weighted by molar-refractivity contribution is 0.632. The molecule has 1 aromatic heterocycles. The zero-order valence-electron chi connectivity index (χ0n) is 39.3. The number of hydrogen-bond donors (Lipinski definition) is 1. The Morgan fingerprint density at radius 1 is 0.544 bits per heavy atom. The molecule has 2 atom stereocenters. The van der Waals surface area contributed by atoms with Crippen LogP contribution >= 0.6 is 0 Å². The van der Waals surface area contributed by atoms with Gasteiger partial charge in [-0.15, -0.1) is 0 Å². The summed E-state index contributed by atoms with van der Waals surface area (Å²) in [5.74, 6) is 1.40. The second-order valence-corrected chi connectivity index (χ2v) is 19.6. The molecule has 2 N–H and O–H groups in total. The van der Waals surface area contributed by atoms with Gasteiger partial charge in [-0.3, -0.25) is 0 Å². The lowest BCUT2D eigenvalue weighted by atomic mass is 9.65. The number of hydrogen-bond acceptors (Lipinski definition) is 1. The van der Waals surface area contributed by atoms with Crippen molar-refractivity contribution in [3.63, 3.8) is 0 Å². The minimum Gasteiger partial charge on any atom is -0.387 e. The molecular weight excluding hydrogens is 825 g/mol. The van der Waals surface area contributed by atoms with Crippen LogP contribution in [0.5, 0.6) is 0 Å². The third-order valence-electron chi connectivity index (χ3n) is 15.5. The number of nitrogens with two attached hydrogens (primary N) is 1. The Balaban J connectivity index is 1.05. The summed E-state index contributed by atoms with van der Waals surface area (Å²) in [4.78, 5) is 10.7. The maximum atomic E-state index is 6.98. The summed E-state index contributed by atoms with van der Waals surface area (Å²) in [6, 6.07) is 65.2. The van der Waals surface area contributed by atoms with Crippen molar-refractivity contribution in [1.82, 2.24) is 4.57 Å². The number of allylic oxidation sites excluding steroid dienone is 3. The van der Waals surface area contributed by atoms with Crippen LogP contribution in [0, 0.1) is 25.7 Å².